The Morgan fingerprint density at radius 2 is 1.88 bits per heavy atom. The van der Waals surface area contributed by atoms with Crippen LogP contribution in [0.1, 0.15) is 31.2 Å². The Bertz CT molecular complexity index is 570. The SMILES string of the molecule is CN(C)C(=O)[C@@H]1C[C@@H](O)CN1C1CCN(CCCc2ccccc2)CC1. The maximum Gasteiger partial charge on any atom is 0.239 e. The van der Waals surface area contributed by atoms with E-state index >= 15 is 0 Å². The minimum Gasteiger partial charge on any atom is -0.392 e. The number of rotatable bonds is 6. The lowest BCUT2D eigenvalue weighted by Crippen LogP contribution is -2.51. The molecule has 1 N–H and O–H groups in total. The Hall–Kier alpha value is -1.43. The summed E-state index contributed by atoms with van der Waals surface area (Å²) in [7, 11) is 3.61. The molecule has 1 amide bonds. The molecule has 0 unspecified atom stereocenters. The number of aliphatic hydroxyl groups excluding tert-OH is 1. The molecule has 0 saturated carbocycles. The molecule has 2 heterocycles. The largest absolute Gasteiger partial charge is 0.392 e. The Balaban J connectivity index is 1.44. The summed E-state index contributed by atoms with van der Waals surface area (Å²) < 4.78 is 0. The first kappa shape index (κ1) is 19.3. The van der Waals surface area contributed by atoms with Crippen LogP contribution in [0, 0.1) is 0 Å². The molecule has 5 nitrogen and oxygen atoms in total. The van der Waals surface area contributed by atoms with Gasteiger partial charge in [0, 0.05) is 26.7 Å². The molecule has 26 heavy (non-hydrogen) atoms. The number of nitrogens with zero attached hydrogens (tertiary/aromatic N) is 3. The minimum atomic E-state index is -0.368. The maximum absolute atomic E-state index is 12.4. The molecule has 0 aromatic heterocycles. The molecule has 1 aromatic carbocycles. The van der Waals surface area contributed by atoms with Gasteiger partial charge < -0.3 is 14.9 Å². The van der Waals surface area contributed by atoms with Gasteiger partial charge in [0.1, 0.15) is 0 Å². The summed E-state index contributed by atoms with van der Waals surface area (Å²) in [5, 5.41) is 10.1. The molecule has 2 aliphatic heterocycles. The quantitative estimate of drug-likeness (QED) is 0.838. The smallest absolute Gasteiger partial charge is 0.239 e. The molecule has 2 atom stereocenters. The van der Waals surface area contributed by atoms with Gasteiger partial charge in [0.15, 0.2) is 0 Å². The second-order valence-electron chi connectivity index (χ2n) is 8.00. The number of amides is 1. The summed E-state index contributed by atoms with van der Waals surface area (Å²) in [6.45, 7) is 3.97. The predicted octanol–water partition coefficient (Wildman–Crippen LogP) is 1.61. The van der Waals surface area contributed by atoms with E-state index in [1.165, 1.54) is 12.0 Å². The third kappa shape index (κ3) is 4.84. The third-order valence-corrected chi connectivity index (χ3v) is 5.85. The van der Waals surface area contributed by atoms with Gasteiger partial charge in [-0.2, -0.15) is 0 Å². The zero-order valence-electron chi connectivity index (χ0n) is 16.2. The lowest BCUT2D eigenvalue weighted by Gasteiger charge is -2.39. The van der Waals surface area contributed by atoms with E-state index in [9.17, 15) is 9.90 Å². The Morgan fingerprint density at radius 3 is 2.54 bits per heavy atom. The van der Waals surface area contributed by atoms with Crippen LogP contribution in [0.5, 0.6) is 0 Å². The van der Waals surface area contributed by atoms with Gasteiger partial charge in [-0.05, 0) is 57.3 Å². The van der Waals surface area contributed by atoms with Gasteiger partial charge in [0.2, 0.25) is 5.91 Å². The summed E-state index contributed by atoms with van der Waals surface area (Å²) >= 11 is 0. The van der Waals surface area contributed by atoms with Crippen molar-refractivity contribution in [2.24, 2.45) is 0 Å². The molecule has 3 rings (SSSR count). The zero-order chi connectivity index (χ0) is 18.5. The first-order valence-corrected chi connectivity index (χ1v) is 9.96. The third-order valence-electron chi connectivity index (χ3n) is 5.85. The number of piperidine rings is 1. The second kappa shape index (κ2) is 8.98. The lowest BCUT2D eigenvalue weighted by atomic mass is 10.0. The lowest BCUT2D eigenvalue weighted by molar-refractivity contribution is -0.134. The highest BCUT2D eigenvalue weighted by atomic mass is 16.3. The van der Waals surface area contributed by atoms with Gasteiger partial charge in [0.05, 0.1) is 12.1 Å². The fourth-order valence-corrected chi connectivity index (χ4v) is 4.41. The fraction of sp³-hybridized carbons (Fsp3) is 0.667. The van der Waals surface area contributed by atoms with Crippen LogP contribution in [0.25, 0.3) is 0 Å². The molecule has 0 spiro atoms. The van der Waals surface area contributed by atoms with Gasteiger partial charge in [0.25, 0.3) is 0 Å². The Kier molecular flexibility index (Phi) is 6.68. The van der Waals surface area contributed by atoms with E-state index in [4.69, 9.17) is 0 Å². The fourth-order valence-electron chi connectivity index (χ4n) is 4.41. The number of benzene rings is 1. The first-order valence-electron chi connectivity index (χ1n) is 9.96. The number of hydrogen-bond donors (Lipinski definition) is 1. The summed E-state index contributed by atoms with van der Waals surface area (Å²) in [6.07, 6.45) is 4.73. The van der Waals surface area contributed by atoms with Gasteiger partial charge in [-0.3, -0.25) is 9.69 Å². The second-order valence-corrected chi connectivity index (χ2v) is 8.00. The van der Waals surface area contributed by atoms with E-state index in [-0.39, 0.29) is 18.1 Å². The van der Waals surface area contributed by atoms with E-state index in [1.54, 1.807) is 19.0 Å². The number of likely N-dealkylation sites (tertiary alicyclic amines) is 2. The maximum atomic E-state index is 12.4. The van der Waals surface area contributed by atoms with Crippen molar-refractivity contribution in [2.75, 3.05) is 40.3 Å². The number of hydrogen-bond acceptors (Lipinski definition) is 4. The van der Waals surface area contributed by atoms with Crippen molar-refractivity contribution >= 4 is 5.91 Å². The van der Waals surface area contributed by atoms with Crippen molar-refractivity contribution in [3.8, 4) is 0 Å². The average Bonchev–Trinajstić information content (AvgIpc) is 3.04. The van der Waals surface area contributed by atoms with Crippen LogP contribution >= 0.6 is 0 Å². The monoisotopic (exact) mass is 359 g/mol. The number of aryl methyl sites for hydroxylation is 1. The minimum absolute atomic E-state index is 0.131. The van der Waals surface area contributed by atoms with Crippen LogP contribution in [-0.4, -0.2) is 84.2 Å². The molecule has 2 fully saturated rings. The van der Waals surface area contributed by atoms with E-state index in [0.717, 1.165) is 38.9 Å². The van der Waals surface area contributed by atoms with Gasteiger partial charge in [-0.15, -0.1) is 0 Å². The zero-order valence-corrected chi connectivity index (χ0v) is 16.2. The van der Waals surface area contributed by atoms with Crippen molar-refractivity contribution in [1.82, 2.24) is 14.7 Å². The van der Waals surface area contributed by atoms with Crippen LogP contribution in [0.2, 0.25) is 0 Å². The molecular weight excluding hydrogens is 326 g/mol. The van der Waals surface area contributed by atoms with Crippen LogP contribution in [0.3, 0.4) is 0 Å². The highest BCUT2D eigenvalue weighted by Crippen LogP contribution is 2.27. The Morgan fingerprint density at radius 1 is 1.19 bits per heavy atom. The van der Waals surface area contributed by atoms with Crippen LogP contribution in [-0.2, 0) is 11.2 Å². The molecule has 1 aromatic rings. The van der Waals surface area contributed by atoms with Crippen molar-refractivity contribution in [2.45, 2.75) is 50.3 Å². The van der Waals surface area contributed by atoms with Crippen molar-refractivity contribution in [3.63, 3.8) is 0 Å². The summed E-state index contributed by atoms with van der Waals surface area (Å²) in [6, 6.07) is 11.0. The topological polar surface area (TPSA) is 47.0 Å². The number of β-amino-alcohol motifs (C(OH)–C–C–N with tert-alkyl or cyclic N) is 1. The standard InChI is InChI=1S/C21H33N3O2/c1-22(2)21(26)20-15-19(25)16-24(20)18-10-13-23(14-11-18)12-6-9-17-7-4-3-5-8-17/h3-5,7-8,18-20,25H,6,9-16H2,1-2H3/t19-,20+/m1/s1. The molecule has 144 valence electrons. The highest BCUT2D eigenvalue weighted by molar-refractivity contribution is 5.81. The first-order chi connectivity index (χ1) is 12.5. The molecule has 0 aliphatic carbocycles. The molecule has 0 bridgehead atoms. The van der Waals surface area contributed by atoms with Crippen molar-refractivity contribution < 1.29 is 9.90 Å². The highest BCUT2D eigenvalue weighted by Gasteiger charge is 2.41. The average molecular weight is 360 g/mol. The molecule has 0 radical (unpaired) electrons. The number of likely N-dealkylation sites (N-methyl/N-ethyl adjacent to an activating group) is 1. The van der Waals surface area contributed by atoms with Gasteiger partial charge in [-0.1, -0.05) is 30.3 Å². The summed E-state index contributed by atoms with van der Waals surface area (Å²) in [5.41, 5.74) is 1.42. The van der Waals surface area contributed by atoms with Crippen molar-refractivity contribution in [3.05, 3.63) is 35.9 Å². The van der Waals surface area contributed by atoms with Crippen LogP contribution in [0.15, 0.2) is 30.3 Å². The Labute approximate surface area is 157 Å². The summed E-state index contributed by atoms with van der Waals surface area (Å²) in [4.78, 5) is 18.9. The van der Waals surface area contributed by atoms with E-state index in [2.05, 4.69) is 40.1 Å². The summed E-state index contributed by atoms with van der Waals surface area (Å²) in [5.74, 6) is 0.131. The van der Waals surface area contributed by atoms with E-state index in [0.29, 0.717) is 19.0 Å². The van der Waals surface area contributed by atoms with Crippen LogP contribution < -0.4 is 0 Å². The van der Waals surface area contributed by atoms with Gasteiger partial charge >= 0.3 is 0 Å². The van der Waals surface area contributed by atoms with E-state index < -0.39 is 0 Å². The molecule has 5 heteroatoms. The predicted molar refractivity (Wildman–Crippen MR) is 104 cm³/mol. The van der Waals surface area contributed by atoms with Gasteiger partial charge in [-0.25, -0.2) is 0 Å². The number of aliphatic hydroxyl groups is 1. The number of carbonyl (C=O) groups is 1. The normalized spacial score (nSPS) is 25.5. The van der Waals surface area contributed by atoms with Crippen molar-refractivity contribution in [1.29, 1.82) is 0 Å². The molecule has 2 aliphatic rings. The molecule has 2 saturated heterocycles. The van der Waals surface area contributed by atoms with E-state index in [1.807, 2.05) is 0 Å². The number of carbonyl (C=O) groups excluding carboxylic acids is 1. The van der Waals surface area contributed by atoms with Crippen LogP contribution in [0.4, 0.5) is 0 Å². The molecular formula is C21H33N3O2.